The smallest absolute Gasteiger partial charge is 0.339 e. The Morgan fingerprint density at radius 2 is 1.54 bits per heavy atom. The van der Waals surface area contributed by atoms with Gasteiger partial charge in [-0.05, 0) is 25.0 Å². The van der Waals surface area contributed by atoms with Gasteiger partial charge in [-0.1, -0.05) is 43.0 Å². The molecule has 0 N–H and O–H groups in total. The highest BCUT2D eigenvalue weighted by Gasteiger charge is 2.16. The molecule has 0 aliphatic rings. The van der Waals surface area contributed by atoms with Gasteiger partial charge in [0, 0.05) is 10.8 Å². The van der Waals surface area contributed by atoms with Crippen LogP contribution < -0.4 is 0 Å². The maximum Gasteiger partial charge on any atom is 0.339 e. The molecule has 0 unspecified atom stereocenters. The standard InChI is InChI=1S/C20H19NO3/c1-2-23-13-7-8-14-24-20(22)19-15-9-3-5-11-17(15)21-18-12-6-4-10-16(18)19/h2-6,9-12H,1,7-8,13-14H2. The molecule has 0 aliphatic carbocycles. The summed E-state index contributed by atoms with van der Waals surface area (Å²) in [5.74, 6) is -0.311. The minimum atomic E-state index is -0.311. The van der Waals surface area contributed by atoms with Gasteiger partial charge in [0.25, 0.3) is 0 Å². The van der Waals surface area contributed by atoms with Gasteiger partial charge in [-0.15, -0.1) is 0 Å². The maximum atomic E-state index is 12.7. The number of carbonyl (C=O) groups is 1. The van der Waals surface area contributed by atoms with Crippen molar-refractivity contribution in [2.24, 2.45) is 0 Å². The van der Waals surface area contributed by atoms with Crippen LogP contribution in [0.25, 0.3) is 21.8 Å². The normalized spacial score (nSPS) is 10.7. The number of esters is 1. The van der Waals surface area contributed by atoms with Crippen molar-refractivity contribution in [1.29, 1.82) is 0 Å². The van der Waals surface area contributed by atoms with Crippen LogP contribution in [0.1, 0.15) is 23.2 Å². The number of pyridine rings is 1. The lowest BCUT2D eigenvalue weighted by molar-refractivity contribution is 0.0496. The molecule has 0 spiro atoms. The van der Waals surface area contributed by atoms with Crippen LogP contribution in [0.2, 0.25) is 0 Å². The number of nitrogens with zero attached hydrogens (tertiary/aromatic N) is 1. The van der Waals surface area contributed by atoms with Gasteiger partial charge in [0.15, 0.2) is 0 Å². The number of aromatic nitrogens is 1. The number of ether oxygens (including phenoxy) is 2. The summed E-state index contributed by atoms with van der Waals surface area (Å²) in [6.45, 7) is 4.44. The zero-order valence-corrected chi connectivity index (χ0v) is 13.4. The van der Waals surface area contributed by atoms with E-state index in [0.29, 0.717) is 18.8 Å². The molecule has 4 nitrogen and oxygen atoms in total. The topological polar surface area (TPSA) is 48.4 Å². The van der Waals surface area contributed by atoms with E-state index in [0.717, 1.165) is 34.6 Å². The number of hydrogen-bond donors (Lipinski definition) is 0. The summed E-state index contributed by atoms with van der Waals surface area (Å²) in [5, 5.41) is 1.63. The van der Waals surface area contributed by atoms with Crippen LogP contribution in [-0.2, 0) is 9.47 Å². The van der Waals surface area contributed by atoms with E-state index in [4.69, 9.17) is 9.47 Å². The molecular formula is C20H19NO3. The Balaban J connectivity index is 1.86. The molecule has 0 radical (unpaired) electrons. The predicted molar refractivity (Wildman–Crippen MR) is 94.9 cm³/mol. The molecule has 0 saturated heterocycles. The Morgan fingerprint density at radius 3 is 2.17 bits per heavy atom. The van der Waals surface area contributed by atoms with Crippen molar-refractivity contribution >= 4 is 27.8 Å². The molecule has 122 valence electrons. The zero-order valence-electron chi connectivity index (χ0n) is 13.4. The van der Waals surface area contributed by atoms with Crippen molar-refractivity contribution in [2.45, 2.75) is 12.8 Å². The van der Waals surface area contributed by atoms with Gasteiger partial charge in [-0.3, -0.25) is 0 Å². The molecule has 3 rings (SSSR count). The highest BCUT2D eigenvalue weighted by molar-refractivity contribution is 6.14. The molecule has 0 atom stereocenters. The second-order valence-corrected chi connectivity index (χ2v) is 5.40. The van der Waals surface area contributed by atoms with E-state index in [1.54, 1.807) is 0 Å². The molecule has 0 bridgehead atoms. The first-order valence-corrected chi connectivity index (χ1v) is 7.98. The second-order valence-electron chi connectivity index (χ2n) is 5.40. The summed E-state index contributed by atoms with van der Waals surface area (Å²) in [5.41, 5.74) is 2.17. The second kappa shape index (κ2) is 7.59. The van der Waals surface area contributed by atoms with Gasteiger partial charge >= 0.3 is 5.97 Å². The van der Waals surface area contributed by atoms with Crippen molar-refractivity contribution in [2.75, 3.05) is 13.2 Å². The number of carbonyl (C=O) groups excluding carboxylic acids is 1. The monoisotopic (exact) mass is 321 g/mol. The Hall–Kier alpha value is -2.88. The van der Waals surface area contributed by atoms with Crippen LogP contribution in [0.4, 0.5) is 0 Å². The maximum absolute atomic E-state index is 12.7. The lowest BCUT2D eigenvalue weighted by Gasteiger charge is -2.10. The van der Waals surface area contributed by atoms with E-state index < -0.39 is 0 Å². The van der Waals surface area contributed by atoms with Crippen LogP contribution in [0.3, 0.4) is 0 Å². The molecule has 0 fully saturated rings. The number of unbranched alkanes of at least 4 members (excludes halogenated alkanes) is 1. The van der Waals surface area contributed by atoms with Crippen molar-refractivity contribution in [3.8, 4) is 0 Å². The van der Waals surface area contributed by atoms with Crippen LogP contribution in [0.5, 0.6) is 0 Å². The highest BCUT2D eigenvalue weighted by atomic mass is 16.5. The summed E-state index contributed by atoms with van der Waals surface area (Å²) in [6.07, 6.45) is 2.99. The summed E-state index contributed by atoms with van der Waals surface area (Å²) >= 11 is 0. The third-order valence-electron chi connectivity index (χ3n) is 3.80. The van der Waals surface area contributed by atoms with Crippen LogP contribution in [-0.4, -0.2) is 24.2 Å². The Bertz CT molecular complexity index is 819. The lowest BCUT2D eigenvalue weighted by atomic mass is 10.0. The van der Waals surface area contributed by atoms with Crippen LogP contribution in [0.15, 0.2) is 61.4 Å². The summed E-state index contributed by atoms with van der Waals surface area (Å²) in [7, 11) is 0. The van der Waals surface area contributed by atoms with Gasteiger partial charge < -0.3 is 9.47 Å². The third-order valence-corrected chi connectivity index (χ3v) is 3.80. The molecule has 1 heterocycles. The SMILES string of the molecule is C=COCCCCOC(=O)c1c2ccccc2nc2ccccc12. The van der Waals surface area contributed by atoms with Crippen molar-refractivity contribution in [1.82, 2.24) is 4.98 Å². The molecule has 2 aromatic carbocycles. The average molecular weight is 321 g/mol. The molecular weight excluding hydrogens is 302 g/mol. The third kappa shape index (κ3) is 3.38. The highest BCUT2D eigenvalue weighted by Crippen LogP contribution is 2.26. The number of para-hydroxylation sites is 2. The molecule has 0 aliphatic heterocycles. The number of hydrogen-bond acceptors (Lipinski definition) is 4. The largest absolute Gasteiger partial charge is 0.502 e. The van der Waals surface area contributed by atoms with E-state index in [1.807, 2.05) is 48.5 Å². The van der Waals surface area contributed by atoms with E-state index in [9.17, 15) is 4.79 Å². The minimum Gasteiger partial charge on any atom is -0.502 e. The fourth-order valence-electron chi connectivity index (χ4n) is 2.67. The number of fused-ring (bicyclic) bond motifs is 2. The Morgan fingerprint density at radius 1 is 0.958 bits per heavy atom. The molecule has 0 saturated carbocycles. The first-order valence-electron chi connectivity index (χ1n) is 7.98. The lowest BCUT2D eigenvalue weighted by Crippen LogP contribution is -2.09. The number of rotatable bonds is 7. The van der Waals surface area contributed by atoms with Gasteiger partial charge in [0.2, 0.25) is 0 Å². The van der Waals surface area contributed by atoms with Crippen molar-refractivity contribution in [3.63, 3.8) is 0 Å². The molecule has 1 aromatic heterocycles. The fourth-order valence-corrected chi connectivity index (χ4v) is 2.67. The Kier molecular flexibility index (Phi) is 5.06. The quantitative estimate of drug-likeness (QED) is 0.278. The van der Waals surface area contributed by atoms with E-state index >= 15 is 0 Å². The van der Waals surface area contributed by atoms with E-state index in [1.165, 1.54) is 6.26 Å². The number of benzene rings is 2. The molecule has 24 heavy (non-hydrogen) atoms. The average Bonchev–Trinajstić information content (AvgIpc) is 2.62. The summed E-state index contributed by atoms with van der Waals surface area (Å²) in [4.78, 5) is 17.3. The summed E-state index contributed by atoms with van der Waals surface area (Å²) < 4.78 is 10.5. The zero-order chi connectivity index (χ0) is 16.8. The first kappa shape index (κ1) is 16.0. The van der Waals surface area contributed by atoms with Crippen molar-refractivity contribution in [3.05, 3.63) is 66.9 Å². The molecule has 0 amide bonds. The van der Waals surface area contributed by atoms with E-state index in [-0.39, 0.29) is 5.97 Å². The van der Waals surface area contributed by atoms with Crippen LogP contribution in [0, 0.1) is 0 Å². The first-order chi connectivity index (χ1) is 11.8. The van der Waals surface area contributed by atoms with Gasteiger partial charge in [0.05, 0.1) is 36.1 Å². The fraction of sp³-hybridized carbons (Fsp3) is 0.200. The van der Waals surface area contributed by atoms with Crippen LogP contribution >= 0.6 is 0 Å². The molecule has 3 aromatic rings. The Labute approximate surface area is 140 Å². The van der Waals surface area contributed by atoms with Gasteiger partial charge in [-0.25, -0.2) is 9.78 Å². The van der Waals surface area contributed by atoms with Gasteiger partial charge in [-0.2, -0.15) is 0 Å². The summed E-state index contributed by atoms with van der Waals surface area (Å²) in [6, 6.07) is 15.3. The van der Waals surface area contributed by atoms with Crippen molar-refractivity contribution < 1.29 is 14.3 Å². The predicted octanol–water partition coefficient (Wildman–Crippen LogP) is 4.49. The minimum absolute atomic E-state index is 0.311. The van der Waals surface area contributed by atoms with E-state index in [2.05, 4.69) is 11.6 Å². The molecule has 4 heteroatoms. The van der Waals surface area contributed by atoms with Gasteiger partial charge in [0.1, 0.15) is 0 Å².